The summed E-state index contributed by atoms with van der Waals surface area (Å²) in [6.45, 7) is 8.82. The molecule has 1 heterocycles. The molecule has 1 aliphatic heterocycles. The molecule has 0 aromatic carbocycles. The number of rotatable bonds is 5. The van der Waals surface area contributed by atoms with E-state index in [4.69, 9.17) is 4.74 Å². The first-order valence-electron chi connectivity index (χ1n) is 5.81. The smallest absolute Gasteiger partial charge is 0.233 e. The van der Waals surface area contributed by atoms with Crippen molar-refractivity contribution in [3.8, 4) is 0 Å². The molecule has 1 fully saturated rings. The van der Waals surface area contributed by atoms with Gasteiger partial charge in [0.25, 0.3) is 0 Å². The second-order valence-electron chi connectivity index (χ2n) is 4.76. The highest BCUT2D eigenvalue weighted by Gasteiger charge is 2.26. The molecular weight excluding hydrogens is 242 g/mol. The second kappa shape index (κ2) is 7.87. The van der Waals surface area contributed by atoms with Gasteiger partial charge in [-0.05, 0) is 20.9 Å². The number of nitrogens with zero attached hydrogens (tertiary/aromatic N) is 1. The van der Waals surface area contributed by atoms with Crippen molar-refractivity contribution in [2.75, 3.05) is 46.4 Å². The van der Waals surface area contributed by atoms with E-state index in [1.165, 1.54) is 0 Å². The van der Waals surface area contributed by atoms with Crippen LogP contribution in [0, 0.1) is 0 Å². The lowest BCUT2D eigenvalue weighted by atomic mass is 10.1. The van der Waals surface area contributed by atoms with Gasteiger partial charge in [0.2, 0.25) is 5.91 Å². The first kappa shape index (κ1) is 16.6. The summed E-state index contributed by atoms with van der Waals surface area (Å²) < 4.78 is 5.62. The summed E-state index contributed by atoms with van der Waals surface area (Å²) in [7, 11) is 1.77. The number of amides is 1. The number of nitrogens with one attached hydrogen (secondary N) is 2. The molecule has 102 valence electrons. The minimum absolute atomic E-state index is 0. The van der Waals surface area contributed by atoms with Gasteiger partial charge in [0.05, 0.1) is 18.8 Å². The number of carbonyl (C=O) groups excluding carboxylic acids is 1. The largest absolute Gasteiger partial charge is 0.373 e. The Hall–Kier alpha value is -0.360. The van der Waals surface area contributed by atoms with Crippen molar-refractivity contribution in [1.29, 1.82) is 0 Å². The maximum absolute atomic E-state index is 11.2. The van der Waals surface area contributed by atoms with Gasteiger partial charge in [0.15, 0.2) is 0 Å². The lowest BCUT2D eigenvalue weighted by molar-refractivity contribution is -0.120. The van der Waals surface area contributed by atoms with E-state index in [0.29, 0.717) is 13.1 Å². The Bertz CT molecular complexity index is 237. The molecular formula is C11H24ClN3O2. The standard InChI is InChI=1S/C11H23N3O2.ClH/c1-11(2)9-14(6-7-16-11)5-4-13-10(15)8-12-3;/h12H,4-9H2,1-3H3,(H,13,15);1H. The summed E-state index contributed by atoms with van der Waals surface area (Å²) in [6, 6.07) is 0. The van der Waals surface area contributed by atoms with Crippen molar-refractivity contribution >= 4 is 18.3 Å². The topological polar surface area (TPSA) is 53.6 Å². The normalized spacial score (nSPS) is 19.5. The predicted octanol–water partition coefficient (Wildman–Crippen LogP) is -0.145. The first-order chi connectivity index (χ1) is 7.53. The van der Waals surface area contributed by atoms with Crippen molar-refractivity contribution in [3.05, 3.63) is 0 Å². The molecule has 1 amide bonds. The van der Waals surface area contributed by atoms with E-state index in [1.54, 1.807) is 7.05 Å². The van der Waals surface area contributed by atoms with Gasteiger partial charge >= 0.3 is 0 Å². The zero-order chi connectivity index (χ0) is 12.0. The van der Waals surface area contributed by atoms with E-state index in [1.807, 2.05) is 0 Å². The highest BCUT2D eigenvalue weighted by Crippen LogP contribution is 2.15. The van der Waals surface area contributed by atoms with Crippen LogP contribution < -0.4 is 10.6 Å². The maximum atomic E-state index is 11.2. The van der Waals surface area contributed by atoms with Gasteiger partial charge in [-0.2, -0.15) is 0 Å². The maximum Gasteiger partial charge on any atom is 0.233 e. The average Bonchev–Trinajstić information content (AvgIpc) is 2.16. The van der Waals surface area contributed by atoms with Crippen LogP contribution in [0.2, 0.25) is 0 Å². The molecule has 2 N–H and O–H groups in total. The van der Waals surface area contributed by atoms with Crippen LogP contribution in [0.3, 0.4) is 0 Å². The number of ether oxygens (including phenoxy) is 1. The van der Waals surface area contributed by atoms with Gasteiger partial charge in [-0.3, -0.25) is 9.69 Å². The van der Waals surface area contributed by atoms with Gasteiger partial charge in [-0.1, -0.05) is 0 Å². The molecule has 6 heteroatoms. The van der Waals surface area contributed by atoms with E-state index in [9.17, 15) is 4.79 Å². The molecule has 0 aliphatic carbocycles. The number of likely N-dealkylation sites (N-methyl/N-ethyl adjacent to an activating group) is 1. The predicted molar refractivity (Wildman–Crippen MR) is 70.7 cm³/mol. The van der Waals surface area contributed by atoms with Crippen molar-refractivity contribution < 1.29 is 9.53 Å². The molecule has 0 spiro atoms. The molecule has 0 bridgehead atoms. The molecule has 0 atom stereocenters. The fourth-order valence-electron chi connectivity index (χ4n) is 1.88. The molecule has 1 saturated heterocycles. The molecule has 1 aliphatic rings. The molecule has 17 heavy (non-hydrogen) atoms. The van der Waals surface area contributed by atoms with Crippen LogP contribution in [-0.4, -0.2) is 62.8 Å². The van der Waals surface area contributed by atoms with Crippen LogP contribution in [-0.2, 0) is 9.53 Å². The average molecular weight is 266 g/mol. The Kier molecular flexibility index (Phi) is 7.70. The van der Waals surface area contributed by atoms with Crippen LogP contribution in [0.4, 0.5) is 0 Å². The summed E-state index contributed by atoms with van der Waals surface area (Å²) in [5.41, 5.74) is -0.0623. The van der Waals surface area contributed by atoms with Crippen molar-refractivity contribution in [3.63, 3.8) is 0 Å². The second-order valence-corrected chi connectivity index (χ2v) is 4.76. The quantitative estimate of drug-likeness (QED) is 0.726. The minimum Gasteiger partial charge on any atom is -0.373 e. The Labute approximate surface area is 110 Å². The summed E-state index contributed by atoms with van der Waals surface area (Å²) in [5, 5.41) is 5.70. The van der Waals surface area contributed by atoms with Gasteiger partial charge < -0.3 is 15.4 Å². The van der Waals surface area contributed by atoms with Gasteiger partial charge in [0, 0.05) is 26.2 Å². The van der Waals surface area contributed by atoms with Crippen LogP contribution >= 0.6 is 12.4 Å². The highest BCUT2D eigenvalue weighted by atomic mass is 35.5. The summed E-state index contributed by atoms with van der Waals surface area (Å²) in [5.74, 6) is 0.0509. The van der Waals surface area contributed by atoms with Crippen LogP contribution in [0.5, 0.6) is 0 Å². The van der Waals surface area contributed by atoms with Crippen molar-refractivity contribution in [2.24, 2.45) is 0 Å². The summed E-state index contributed by atoms with van der Waals surface area (Å²) >= 11 is 0. The van der Waals surface area contributed by atoms with Crippen LogP contribution in [0.25, 0.3) is 0 Å². The van der Waals surface area contributed by atoms with Gasteiger partial charge in [-0.15, -0.1) is 12.4 Å². The third-order valence-electron chi connectivity index (χ3n) is 2.59. The van der Waals surface area contributed by atoms with Crippen LogP contribution in [0.1, 0.15) is 13.8 Å². The third-order valence-corrected chi connectivity index (χ3v) is 2.59. The molecule has 0 saturated carbocycles. The van der Waals surface area contributed by atoms with Crippen molar-refractivity contribution in [1.82, 2.24) is 15.5 Å². The number of morpholine rings is 1. The SMILES string of the molecule is CNCC(=O)NCCN1CCOC(C)(C)C1.Cl. The summed E-state index contributed by atoms with van der Waals surface area (Å²) in [4.78, 5) is 13.5. The Morgan fingerprint density at radius 3 is 2.76 bits per heavy atom. The Balaban J connectivity index is 0.00000256. The first-order valence-corrected chi connectivity index (χ1v) is 5.81. The van der Waals surface area contributed by atoms with E-state index < -0.39 is 0 Å². The van der Waals surface area contributed by atoms with Crippen LogP contribution in [0.15, 0.2) is 0 Å². The Morgan fingerprint density at radius 1 is 1.47 bits per heavy atom. The fourth-order valence-corrected chi connectivity index (χ4v) is 1.88. The van der Waals surface area contributed by atoms with Crippen molar-refractivity contribution in [2.45, 2.75) is 19.4 Å². The lowest BCUT2D eigenvalue weighted by Crippen LogP contribution is -2.50. The highest BCUT2D eigenvalue weighted by molar-refractivity contribution is 5.85. The lowest BCUT2D eigenvalue weighted by Gasteiger charge is -2.38. The molecule has 0 unspecified atom stereocenters. The van der Waals surface area contributed by atoms with E-state index >= 15 is 0 Å². The zero-order valence-corrected chi connectivity index (χ0v) is 11.7. The van der Waals surface area contributed by atoms with E-state index in [-0.39, 0.29) is 23.9 Å². The Morgan fingerprint density at radius 2 is 2.18 bits per heavy atom. The number of carbonyl (C=O) groups is 1. The zero-order valence-electron chi connectivity index (χ0n) is 10.9. The summed E-state index contributed by atoms with van der Waals surface area (Å²) in [6.07, 6.45) is 0. The number of hydrogen-bond donors (Lipinski definition) is 2. The molecule has 1 rings (SSSR count). The van der Waals surface area contributed by atoms with Gasteiger partial charge in [0.1, 0.15) is 0 Å². The molecule has 5 nitrogen and oxygen atoms in total. The number of hydrogen-bond acceptors (Lipinski definition) is 4. The molecule has 0 radical (unpaired) electrons. The fraction of sp³-hybridized carbons (Fsp3) is 0.909. The molecule has 0 aromatic rings. The van der Waals surface area contributed by atoms with E-state index in [2.05, 4.69) is 29.4 Å². The third kappa shape index (κ3) is 6.83. The minimum atomic E-state index is -0.0623. The van der Waals surface area contributed by atoms with E-state index in [0.717, 1.165) is 26.2 Å². The number of halogens is 1. The molecule has 0 aromatic heterocycles. The van der Waals surface area contributed by atoms with Gasteiger partial charge in [-0.25, -0.2) is 0 Å². The monoisotopic (exact) mass is 265 g/mol.